The van der Waals surface area contributed by atoms with Gasteiger partial charge in [-0.1, -0.05) is 12.8 Å². The van der Waals surface area contributed by atoms with E-state index in [4.69, 9.17) is 5.73 Å². The molecule has 0 bridgehead atoms. The van der Waals surface area contributed by atoms with Crippen molar-refractivity contribution < 1.29 is 17.2 Å². The van der Waals surface area contributed by atoms with Crippen LogP contribution in [0.1, 0.15) is 31.2 Å². The van der Waals surface area contributed by atoms with Crippen LogP contribution < -0.4 is 10.5 Å². The Balaban J connectivity index is 2.21. The van der Waals surface area contributed by atoms with Gasteiger partial charge in [-0.15, -0.1) is 0 Å². The topological polar surface area (TPSA) is 72.2 Å². The maximum Gasteiger partial charge on any atom is 0.243 e. The summed E-state index contributed by atoms with van der Waals surface area (Å²) >= 11 is 0. The molecule has 0 atom stereocenters. The zero-order valence-electron chi connectivity index (χ0n) is 11.0. The quantitative estimate of drug-likeness (QED) is 0.872. The van der Waals surface area contributed by atoms with E-state index in [2.05, 4.69) is 4.72 Å². The Morgan fingerprint density at radius 1 is 1.25 bits per heavy atom. The molecule has 1 aromatic rings. The van der Waals surface area contributed by atoms with Crippen molar-refractivity contribution in [1.82, 2.24) is 4.72 Å². The lowest BCUT2D eigenvalue weighted by Gasteiger charge is -2.12. The van der Waals surface area contributed by atoms with E-state index in [1.807, 2.05) is 0 Å². The van der Waals surface area contributed by atoms with Gasteiger partial charge in [0.1, 0.15) is 4.90 Å². The standard InChI is InChI=1S/C13H18F2N2O2S/c14-11-5-10(7-16)6-12(13(11)15)20(18,19)17-8-9-3-1-2-4-9/h5-6,9,17H,1-4,7-8,16H2. The first-order chi connectivity index (χ1) is 9.44. The predicted octanol–water partition coefficient (Wildman–Crippen LogP) is 1.89. The van der Waals surface area contributed by atoms with Crippen molar-refractivity contribution in [2.24, 2.45) is 11.7 Å². The maximum atomic E-state index is 13.7. The first-order valence-corrected chi connectivity index (χ1v) is 8.10. The molecule has 0 saturated heterocycles. The van der Waals surface area contributed by atoms with Crippen LogP contribution in [-0.2, 0) is 16.6 Å². The fraction of sp³-hybridized carbons (Fsp3) is 0.538. The number of hydrogen-bond donors (Lipinski definition) is 2. The smallest absolute Gasteiger partial charge is 0.243 e. The summed E-state index contributed by atoms with van der Waals surface area (Å²) in [6.07, 6.45) is 4.08. The Morgan fingerprint density at radius 2 is 1.90 bits per heavy atom. The van der Waals surface area contributed by atoms with Gasteiger partial charge in [0.2, 0.25) is 10.0 Å². The molecule has 1 fully saturated rings. The molecule has 1 aliphatic carbocycles. The number of halogens is 2. The van der Waals surface area contributed by atoms with E-state index in [-0.39, 0.29) is 24.6 Å². The minimum absolute atomic E-state index is 0.0532. The number of nitrogens with one attached hydrogen (secondary N) is 1. The second kappa shape index (κ2) is 6.15. The molecule has 7 heteroatoms. The van der Waals surface area contributed by atoms with Crippen molar-refractivity contribution in [2.45, 2.75) is 37.1 Å². The molecule has 20 heavy (non-hydrogen) atoms. The van der Waals surface area contributed by atoms with Gasteiger partial charge in [-0.05, 0) is 36.5 Å². The number of hydrogen-bond acceptors (Lipinski definition) is 3. The minimum atomic E-state index is -4.05. The van der Waals surface area contributed by atoms with Crippen molar-refractivity contribution in [2.75, 3.05) is 6.54 Å². The van der Waals surface area contributed by atoms with E-state index in [0.29, 0.717) is 0 Å². The number of sulfonamides is 1. The van der Waals surface area contributed by atoms with Crippen molar-refractivity contribution in [3.8, 4) is 0 Å². The second-order valence-corrected chi connectivity index (χ2v) is 6.83. The lowest BCUT2D eigenvalue weighted by molar-refractivity contribution is 0.477. The van der Waals surface area contributed by atoms with Crippen LogP contribution >= 0.6 is 0 Å². The molecule has 0 radical (unpaired) electrons. The maximum absolute atomic E-state index is 13.7. The van der Waals surface area contributed by atoms with E-state index < -0.39 is 26.6 Å². The molecular weight excluding hydrogens is 286 g/mol. The Bertz CT molecular complexity index is 584. The summed E-state index contributed by atoms with van der Waals surface area (Å²) in [6, 6.07) is 1.99. The highest BCUT2D eigenvalue weighted by Crippen LogP contribution is 2.25. The predicted molar refractivity (Wildman–Crippen MR) is 71.4 cm³/mol. The molecule has 4 nitrogen and oxygen atoms in total. The molecule has 1 saturated carbocycles. The van der Waals surface area contributed by atoms with Gasteiger partial charge >= 0.3 is 0 Å². The van der Waals surface area contributed by atoms with E-state index in [9.17, 15) is 17.2 Å². The van der Waals surface area contributed by atoms with Gasteiger partial charge in [-0.3, -0.25) is 0 Å². The normalized spacial score (nSPS) is 16.8. The number of rotatable bonds is 5. The van der Waals surface area contributed by atoms with Crippen molar-refractivity contribution >= 4 is 10.0 Å². The average molecular weight is 304 g/mol. The lowest BCUT2D eigenvalue weighted by atomic mass is 10.1. The molecule has 1 aliphatic rings. The molecule has 3 N–H and O–H groups in total. The first-order valence-electron chi connectivity index (χ1n) is 6.61. The summed E-state index contributed by atoms with van der Waals surface area (Å²) < 4.78 is 53.6. The van der Waals surface area contributed by atoms with Crippen molar-refractivity contribution in [1.29, 1.82) is 0 Å². The van der Waals surface area contributed by atoms with Gasteiger partial charge in [0, 0.05) is 13.1 Å². The fourth-order valence-corrected chi connectivity index (χ4v) is 3.70. The largest absolute Gasteiger partial charge is 0.326 e. The van der Waals surface area contributed by atoms with Crippen LogP contribution in [0.4, 0.5) is 8.78 Å². The summed E-state index contributed by atoms with van der Waals surface area (Å²) in [5.74, 6) is -2.29. The molecule has 0 amide bonds. The van der Waals surface area contributed by atoms with Crippen LogP contribution in [0.3, 0.4) is 0 Å². The van der Waals surface area contributed by atoms with Gasteiger partial charge in [0.25, 0.3) is 0 Å². The van der Waals surface area contributed by atoms with Gasteiger partial charge in [0.15, 0.2) is 11.6 Å². The van der Waals surface area contributed by atoms with Crippen LogP contribution in [0.15, 0.2) is 17.0 Å². The average Bonchev–Trinajstić information content (AvgIpc) is 2.92. The molecule has 112 valence electrons. The summed E-state index contributed by atoms with van der Waals surface area (Å²) in [4.78, 5) is -0.670. The highest BCUT2D eigenvalue weighted by atomic mass is 32.2. The van der Waals surface area contributed by atoms with Gasteiger partial charge in [0.05, 0.1) is 0 Å². The summed E-state index contributed by atoms with van der Waals surface area (Å²) in [5.41, 5.74) is 5.59. The molecule has 2 rings (SSSR count). The van der Waals surface area contributed by atoms with Crippen LogP contribution in [0.5, 0.6) is 0 Å². The zero-order valence-corrected chi connectivity index (χ0v) is 11.8. The third-order valence-corrected chi connectivity index (χ3v) is 5.04. The summed E-state index contributed by atoms with van der Waals surface area (Å²) in [6.45, 7) is 0.207. The zero-order chi connectivity index (χ0) is 14.8. The van der Waals surface area contributed by atoms with E-state index in [1.165, 1.54) is 0 Å². The highest BCUT2D eigenvalue weighted by molar-refractivity contribution is 7.89. The van der Waals surface area contributed by atoms with Crippen molar-refractivity contribution in [3.63, 3.8) is 0 Å². The van der Waals surface area contributed by atoms with E-state index >= 15 is 0 Å². The van der Waals surface area contributed by atoms with E-state index in [0.717, 1.165) is 37.8 Å². The molecule has 0 heterocycles. The summed E-state index contributed by atoms with van der Waals surface area (Å²) in [5, 5.41) is 0. The third kappa shape index (κ3) is 3.34. The number of nitrogens with two attached hydrogens (primary N) is 1. The lowest BCUT2D eigenvalue weighted by Crippen LogP contribution is -2.29. The Labute approximate surface area is 117 Å². The Hall–Kier alpha value is -1.05. The van der Waals surface area contributed by atoms with Crippen LogP contribution in [0.25, 0.3) is 0 Å². The highest BCUT2D eigenvalue weighted by Gasteiger charge is 2.24. The van der Waals surface area contributed by atoms with Gasteiger partial charge < -0.3 is 5.73 Å². The monoisotopic (exact) mass is 304 g/mol. The van der Waals surface area contributed by atoms with Gasteiger partial charge in [-0.2, -0.15) is 0 Å². The molecule has 0 unspecified atom stereocenters. The van der Waals surface area contributed by atoms with Crippen molar-refractivity contribution in [3.05, 3.63) is 29.3 Å². The molecular formula is C13H18F2N2O2S. The Morgan fingerprint density at radius 3 is 2.50 bits per heavy atom. The molecule has 0 aromatic heterocycles. The summed E-state index contributed by atoms with van der Waals surface area (Å²) in [7, 11) is -4.05. The van der Waals surface area contributed by atoms with Crippen LogP contribution in [0.2, 0.25) is 0 Å². The Kier molecular flexibility index (Phi) is 4.72. The SMILES string of the molecule is NCc1cc(F)c(F)c(S(=O)(=O)NCC2CCCC2)c1. The number of benzene rings is 1. The van der Waals surface area contributed by atoms with E-state index in [1.54, 1.807) is 0 Å². The molecule has 0 spiro atoms. The second-order valence-electron chi connectivity index (χ2n) is 5.10. The van der Waals surface area contributed by atoms with Gasteiger partial charge in [-0.25, -0.2) is 21.9 Å². The third-order valence-electron chi connectivity index (χ3n) is 3.62. The fourth-order valence-electron chi connectivity index (χ4n) is 2.45. The molecule has 0 aliphatic heterocycles. The first kappa shape index (κ1) is 15.3. The van der Waals surface area contributed by atoms with Crippen LogP contribution in [-0.4, -0.2) is 15.0 Å². The minimum Gasteiger partial charge on any atom is -0.326 e. The van der Waals surface area contributed by atoms with Crippen LogP contribution in [0, 0.1) is 17.6 Å². The molecule has 1 aromatic carbocycles.